The van der Waals surface area contributed by atoms with Crippen LogP contribution in [0.15, 0.2) is 35.5 Å². The Kier molecular flexibility index (Phi) is 7.08. The van der Waals surface area contributed by atoms with E-state index in [1.165, 1.54) is 25.7 Å². The van der Waals surface area contributed by atoms with Gasteiger partial charge < -0.3 is 20.2 Å². The molecule has 3 N–H and O–H groups in total. The van der Waals surface area contributed by atoms with Gasteiger partial charge in [-0.25, -0.2) is 0 Å². The first-order valence-electron chi connectivity index (χ1n) is 13.0. The maximum absolute atomic E-state index is 10.5. The monoisotopic (exact) mass is 443 g/mol. The number of piperidine rings is 1. The lowest BCUT2D eigenvalue weighted by Crippen LogP contribution is -2.48. The Morgan fingerprint density at radius 3 is 2.69 bits per heavy atom. The number of allylic oxidation sites excluding steroid dienone is 3. The molecule has 3 saturated carbocycles. The molecule has 4 fully saturated rings. The molecule has 4 aliphatic rings. The maximum Gasteiger partial charge on any atom is 0.0811 e. The number of nitrogens with zero attached hydrogens (tertiary/aromatic N) is 1. The van der Waals surface area contributed by atoms with Crippen LogP contribution < -0.4 is 0 Å². The van der Waals surface area contributed by atoms with Crippen molar-refractivity contribution in [3.63, 3.8) is 0 Å². The van der Waals surface area contributed by atoms with Crippen molar-refractivity contribution in [2.75, 3.05) is 19.6 Å². The van der Waals surface area contributed by atoms with Gasteiger partial charge in [0.05, 0.1) is 17.8 Å². The van der Waals surface area contributed by atoms with Crippen molar-refractivity contribution in [2.45, 2.75) is 96.4 Å². The Balaban J connectivity index is 1.46. The van der Waals surface area contributed by atoms with Gasteiger partial charge in [0.1, 0.15) is 0 Å². The predicted molar refractivity (Wildman–Crippen MR) is 130 cm³/mol. The van der Waals surface area contributed by atoms with E-state index in [-0.39, 0.29) is 0 Å². The largest absolute Gasteiger partial charge is 0.393 e. The molecule has 4 rings (SSSR count). The summed E-state index contributed by atoms with van der Waals surface area (Å²) in [6, 6.07) is 0. The Morgan fingerprint density at radius 2 is 1.94 bits per heavy atom. The Labute approximate surface area is 195 Å². The molecule has 0 aromatic rings. The molecule has 0 amide bonds. The number of hydrogen-bond acceptors (Lipinski definition) is 4. The van der Waals surface area contributed by atoms with Gasteiger partial charge in [0.25, 0.3) is 0 Å². The fraction of sp³-hybridized carbons (Fsp3) is 0.786. The predicted octanol–water partition coefficient (Wildman–Crippen LogP) is 4.61. The van der Waals surface area contributed by atoms with E-state index in [1.807, 2.05) is 6.92 Å². The van der Waals surface area contributed by atoms with Crippen LogP contribution in [0.3, 0.4) is 0 Å². The number of aliphatic hydroxyl groups is 3. The summed E-state index contributed by atoms with van der Waals surface area (Å²) >= 11 is 0. The lowest BCUT2D eigenvalue weighted by atomic mass is 9.61. The van der Waals surface area contributed by atoms with Crippen LogP contribution in [0.1, 0.15) is 78.6 Å². The van der Waals surface area contributed by atoms with Crippen LogP contribution in [0.25, 0.3) is 0 Å². The highest BCUT2D eigenvalue weighted by molar-refractivity contribution is 5.38. The fourth-order valence-electron chi connectivity index (χ4n) is 7.69. The van der Waals surface area contributed by atoms with Crippen LogP contribution in [0, 0.1) is 23.2 Å². The first kappa shape index (κ1) is 24.2. The molecule has 1 aliphatic heterocycles. The smallest absolute Gasteiger partial charge is 0.0811 e. The highest BCUT2D eigenvalue weighted by Gasteiger charge is 2.51. The number of hydrogen-bond donors (Lipinski definition) is 3. The van der Waals surface area contributed by atoms with Crippen LogP contribution in [-0.2, 0) is 0 Å². The summed E-state index contributed by atoms with van der Waals surface area (Å²) in [6.07, 6.45) is 12.7. The SMILES string of the molecule is C=C1C(=CC=C2CCC[C@]3(C)[C@@H]([C@H](C)CN4CCCC(C)(O)C4)CC[C@@H]23)C[C@@H](O)C[C@@H]1O. The molecule has 0 spiro atoms. The summed E-state index contributed by atoms with van der Waals surface area (Å²) in [5.41, 5.74) is 3.17. The van der Waals surface area contributed by atoms with Gasteiger partial charge in [-0.3, -0.25) is 0 Å². The van der Waals surface area contributed by atoms with Gasteiger partial charge in [-0.05, 0) is 99.1 Å². The van der Waals surface area contributed by atoms with Gasteiger partial charge in [0.2, 0.25) is 0 Å². The number of aliphatic hydroxyl groups excluding tert-OH is 2. The van der Waals surface area contributed by atoms with Gasteiger partial charge in [-0.1, -0.05) is 38.2 Å². The standard InChI is InChI=1S/C28H45NO3/c1-19(17-29-14-6-12-27(3,32)18-29)24-10-11-25-21(7-5-13-28(24,25)4)8-9-22-15-23(30)16-26(31)20(22)2/h8-9,19,23-26,30-32H,2,5-7,10-18H2,1,3-4H3/t19-,23-,24-,25+,26+,27?,28-/m1/s1. The molecule has 7 atom stereocenters. The summed E-state index contributed by atoms with van der Waals surface area (Å²) in [6.45, 7) is 14.1. The topological polar surface area (TPSA) is 63.9 Å². The second kappa shape index (κ2) is 9.37. The highest BCUT2D eigenvalue weighted by Crippen LogP contribution is 2.59. The van der Waals surface area contributed by atoms with Crippen LogP contribution in [0.5, 0.6) is 0 Å². The molecular formula is C28H45NO3. The van der Waals surface area contributed by atoms with Gasteiger partial charge in [-0.2, -0.15) is 0 Å². The number of β-amino-alcohol motifs (C(OH)–C–C–N with tert-alkyl or cyclic N) is 1. The molecule has 0 aromatic heterocycles. The van der Waals surface area contributed by atoms with Gasteiger partial charge in [-0.15, -0.1) is 0 Å². The van der Waals surface area contributed by atoms with Crippen molar-refractivity contribution < 1.29 is 15.3 Å². The molecule has 1 heterocycles. The molecule has 4 heteroatoms. The van der Waals surface area contributed by atoms with Crippen LogP contribution >= 0.6 is 0 Å². The average Bonchev–Trinajstić information content (AvgIpc) is 3.06. The molecule has 3 aliphatic carbocycles. The summed E-state index contributed by atoms with van der Waals surface area (Å²) in [5, 5.41) is 30.8. The average molecular weight is 444 g/mol. The summed E-state index contributed by atoms with van der Waals surface area (Å²) < 4.78 is 0. The third-order valence-corrected chi connectivity index (χ3v) is 9.29. The number of fused-ring (bicyclic) bond motifs is 1. The van der Waals surface area contributed by atoms with E-state index in [0.717, 1.165) is 56.0 Å². The quantitative estimate of drug-likeness (QED) is 0.594. The van der Waals surface area contributed by atoms with E-state index in [9.17, 15) is 15.3 Å². The molecule has 0 aromatic carbocycles. The molecule has 180 valence electrons. The number of rotatable bonds is 4. The zero-order valence-electron chi connectivity index (χ0n) is 20.5. The summed E-state index contributed by atoms with van der Waals surface area (Å²) in [7, 11) is 0. The van der Waals surface area contributed by atoms with E-state index in [2.05, 4.69) is 37.5 Å². The Bertz CT molecular complexity index is 769. The maximum atomic E-state index is 10.5. The van der Waals surface area contributed by atoms with Gasteiger partial charge in [0, 0.05) is 19.5 Å². The Hall–Kier alpha value is -0.940. The van der Waals surface area contributed by atoms with Crippen LogP contribution in [-0.4, -0.2) is 57.7 Å². The van der Waals surface area contributed by atoms with Crippen molar-refractivity contribution in [3.8, 4) is 0 Å². The Morgan fingerprint density at radius 1 is 1.16 bits per heavy atom. The van der Waals surface area contributed by atoms with Crippen molar-refractivity contribution >= 4 is 0 Å². The lowest BCUT2D eigenvalue weighted by molar-refractivity contribution is -0.0262. The minimum atomic E-state index is -0.618. The fourth-order valence-corrected chi connectivity index (χ4v) is 7.69. The molecule has 32 heavy (non-hydrogen) atoms. The molecule has 0 radical (unpaired) electrons. The molecule has 1 saturated heterocycles. The van der Waals surface area contributed by atoms with E-state index in [4.69, 9.17) is 0 Å². The lowest BCUT2D eigenvalue weighted by Gasteiger charge is -2.46. The third-order valence-electron chi connectivity index (χ3n) is 9.29. The van der Waals surface area contributed by atoms with Crippen molar-refractivity contribution in [2.24, 2.45) is 23.2 Å². The number of likely N-dealkylation sites (tertiary alicyclic amines) is 1. The first-order chi connectivity index (χ1) is 15.1. The third kappa shape index (κ3) is 4.94. The second-order valence-electron chi connectivity index (χ2n) is 12.0. The molecule has 1 unspecified atom stereocenters. The van der Waals surface area contributed by atoms with Crippen molar-refractivity contribution in [1.82, 2.24) is 4.90 Å². The molecular weight excluding hydrogens is 398 g/mol. The summed E-state index contributed by atoms with van der Waals surface area (Å²) in [4.78, 5) is 2.50. The van der Waals surface area contributed by atoms with Crippen molar-refractivity contribution in [1.29, 1.82) is 0 Å². The second-order valence-corrected chi connectivity index (χ2v) is 12.0. The zero-order valence-corrected chi connectivity index (χ0v) is 20.5. The van der Waals surface area contributed by atoms with E-state index in [1.54, 1.807) is 5.57 Å². The first-order valence-corrected chi connectivity index (χ1v) is 13.0. The molecule has 0 bridgehead atoms. The van der Waals surface area contributed by atoms with E-state index >= 15 is 0 Å². The van der Waals surface area contributed by atoms with Crippen LogP contribution in [0.2, 0.25) is 0 Å². The van der Waals surface area contributed by atoms with Gasteiger partial charge in [0.15, 0.2) is 0 Å². The highest BCUT2D eigenvalue weighted by atomic mass is 16.3. The minimum absolute atomic E-state index is 0.350. The van der Waals surface area contributed by atoms with Crippen LogP contribution in [0.4, 0.5) is 0 Å². The van der Waals surface area contributed by atoms with Gasteiger partial charge >= 0.3 is 0 Å². The molecule has 4 nitrogen and oxygen atoms in total. The zero-order chi connectivity index (χ0) is 23.1. The summed E-state index contributed by atoms with van der Waals surface area (Å²) in [5.74, 6) is 2.00. The van der Waals surface area contributed by atoms with E-state index in [0.29, 0.717) is 30.1 Å². The minimum Gasteiger partial charge on any atom is -0.393 e. The normalized spacial score (nSPS) is 44.8. The van der Waals surface area contributed by atoms with Crippen molar-refractivity contribution in [3.05, 3.63) is 35.5 Å². The van der Waals surface area contributed by atoms with E-state index < -0.39 is 17.8 Å².